The normalized spacial score (nSPS) is 12.1. The molecule has 0 unspecified atom stereocenters. The second-order valence-electron chi connectivity index (χ2n) is 5.83. The summed E-state index contributed by atoms with van der Waals surface area (Å²) in [6, 6.07) is 13.2. The van der Waals surface area contributed by atoms with Crippen molar-refractivity contribution in [3.63, 3.8) is 0 Å². The third-order valence-electron chi connectivity index (χ3n) is 3.38. The van der Waals surface area contributed by atoms with Crippen molar-refractivity contribution in [2.45, 2.75) is 20.0 Å². The maximum absolute atomic E-state index is 12.3. The van der Waals surface area contributed by atoms with Crippen LogP contribution in [0.4, 0.5) is 11.4 Å². The summed E-state index contributed by atoms with van der Waals surface area (Å²) < 4.78 is 30.2. The molecule has 2 N–H and O–H groups in total. The number of nitrogens with one attached hydrogen (secondary N) is 2. The summed E-state index contributed by atoms with van der Waals surface area (Å²) in [4.78, 5) is 24.5. The Labute approximate surface area is 152 Å². The monoisotopic (exact) mass is 376 g/mol. The molecule has 0 fully saturated rings. The first-order valence-electron chi connectivity index (χ1n) is 7.81. The number of sulfonamides is 1. The van der Waals surface area contributed by atoms with Crippen molar-refractivity contribution in [2.24, 2.45) is 0 Å². The van der Waals surface area contributed by atoms with Crippen LogP contribution in [0.3, 0.4) is 0 Å². The first-order chi connectivity index (χ1) is 12.2. The second kappa shape index (κ2) is 8.01. The van der Waals surface area contributed by atoms with Crippen LogP contribution in [0, 0.1) is 6.92 Å². The highest BCUT2D eigenvalue weighted by Crippen LogP contribution is 2.18. The molecule has 1 atom stereocenters. The van der Waals surface area contributed by atoms with Crippen molar-refractivity contribution in [1.29, 1.82) is 0 Å². The first kappa shape index (κ1) is 19.5. The van der Waals surface area contributed by atoms with Gasteiger partial charge in [-0.15, -0.1) is 0 Å². The number of hydrogen-bond acceptors (Lipinski definition) is 5. The molecule has 2 aromatic carbocycles. The zero-order chi connectivity index (χ0) is 19.3. The average Bonchev–Trinajstić information content (AvgIpc) is 2.53. The summed E-state index contributed by atoms with van der Waals surface area (Å²) in [7, 11) is -3.56. The van der Waals surface area contributed by atoms with E-state index < -0.39 is 28.0 Å². The van der Waals surface area contributed by atoms with Gasteiger partial charge in [0.1, 0.15) is 0 Å². The van der Waals surface area contributed by atoms with Gasteiger partial charge in [-0.25, -0.2) is 13.2 Å². The van der Waals surface area contributed by atoms with Gasteiger partial charge in [-0.1, -0.05) is 24.3 Å². The molecule has 0 radical (unpaired) electrons. The molecule has 0 bridgehead atoms. The van der Waals surface area contributed by atoms with Crippen molar-refractivity contribution in [3.05, 3.63) is 59.7 Å². The number of hydrogen-bond donors (Lipinski definition) is 2. The molecular formula is C18H20N2O5S. The molecule has 2 rings (SSSR count). The Hall–Kier alpha value is -2.87. The van der Waals surface area contributed by atoms with E-state index in [9.17, 15) is 18.0 Å². The van der Waals surface area contributed by atoms with E-state index in [2.05, 4.69) is 10.0 Å². The number of esters is 1. The number of rotatable bonds is 6. The molecule has 0 saturated carbocycles. The number of ether oxygens (including phenoxy) is 1. The van der Waals surface area contributed by atoms with Crippen LogP contribution in [0.1, 0.15) is 22.8 Å². The average molecular weight is 376 g/mol. The van der Waals surface area contributed by atoms with Crippen molar-refractivity contribution in [2.75, 3.05) is 16.3 Å². The highest BCUT2D eigenvalue weighted by Gasteiger charge is 2.21. The van der Waals surface area contributed by atoms with Crippen LogP contribution >= 0.6 is 0 Å². The lowest BCUT2D eigenvalue weighted by Crippen LogP contribution is -2.30. The Kier molecular flexibility index (Phi) is 5.99. The van der Waals surface area contributed by atoms with Gasteiger partial charge in [-0.3, -0.25) is 9.52 Å². The minimum atomic E-state index is -3.56. The van der Waals surface area contributed by atoms with E-state index in [0.29, 0.717) is 5.69 Å². The predicted molar refractivity (Wildman–Crippen MR) is 99.6 cm³/mol. The van der Waals surface area contributed by atoms with Crippen LogP contribution in [0.2, 0.25) is 0 Å². The molecule has 0 aromatic heterocycles. The van der Waals surface area contributed by atoms with Crippen molar-refractivity contribution >= 4 is 33.3 Å². The smallest absolute Gasteiger partial charge is 0.341 e. The van der Waals surface area contributed by atoms with E-state index >= 15 is 0 Å². The number of amides is 1. The van der Waals surface area contributed by atoms with E-state index in [-0.39, 0.29) is 11.3 Å². The molecule has 1 amide bonds. The fraction of sp³-hybridized carbons (Fsp3) is 0.222. The van der Waals surface area contributed by atoms with E-state index in [4.69, 9.17) is 4.74 Å². The zero-order valence-electron chi connectivity index (χ0n) is 14.6. The summed E-state index contributed by atoms with van der Waals surface area (Å²) in [5, 5.41) is 2.66. The summed E-state index contributed by atoms with van der Waals surface area (Å²) >= 11 is 0. The van der Waals surface area contributed by atoms with Gasteiger partial charge in [-0.2, -0.15) is 0 Å². The van der Waals surface area contributed by atoms with Crippen molar-refractivity contribution in [3.8, 4) is 0 Å². The van der Waals surface area contributed by atoms with Crippen LogP contribution < -0.4 is 10.0 Å². The van der Waals surface area contributed by atoms with Crippen LogP contribution in [0.15, 0.2) is 48.5 Å². The summed E-state index contributed by atoms with van der Waals surface area (Å²) in [5.41, 5.74) is 1.68. The molecule has 0 aliphatic carbocycles. The number of benzene rings is 2. The first-order valence-corrected chi connectivity index (χ1v) is 9.70. The Morgan fingerprint density at radius 1 is 1.08 bits per heavy atom. The Bertz CT molecular complexity index is 925. The van der Waals surface area contributed by atoms with Crippen LogP contribution in [-0.2, 0) is 19.6 Å². The number of carbonyl (C=O) groups is 2. The molecule has 0 aliphatic rings. The standard InChI is InChI=1S/C18H20N2O5S/c1-12-7-6-8-14(11-12)19-17(21)13(2)25-18(22)15-9-4-5-10-16(15)20-26(3,23)24/h4-11,13,20H,1-3H3,(H,19,21)/t13-/m0/s1. The van der Waals surface area contributed by atoms with E-state index in [0.717, 1.165) is 11.8 Å². The number of aryl methyl sites for hydroxylation is 1. The van der Waals surface area contributed by atoms with E-state index in [1.165, 1.54) is 19.1 Å². The van der Waals surface area contributed by atoms with Crippen LogP contribution in [0.25, 0.3) is 0 Å². The summed E-state index contributed by atoms with van der Waals surface area (Å²) in [5.74, 6) is -1.29. The third-order valence-corrected chi connectivity index (χ3v) is 3.97. The van der Waals surface area contributed by atoms with Gasteiger partial charge < -0.3 is 10.1 Å². The van der Waals surface area contributed by atoms with Gasteiger partial charge in [0.25, 0.3) is 5.91 Å². The van der Waals surface area contributed by atoms with Crippen LogP contribution in [0.5, 0.6) is 0 Å². The molecular weight excluding hydrogens is 356 g/mol. The van der Waals surface area contributed by atoms with Gasteiger partial charge in [0.05, 0.1) is 17.5 Å². The third kappa shape index (κ3) is 5.59. The van der Waals surface area contributed by atoms with Gasteiger partial charge >= 0.3 is 5.97 Å². The SMILES string of the molecule is Cc1cccc(NC(=O)[C@H](C)OC(=O)c2ccccc2NS(C)(=O)=O)c1. The Balaban J connectivity index is 2.08. The predicted octanol–water partition coefficient (Wildman–Crippen LogP) is 2.55. The lowest BCUT2D eigenvalue weighted by Gasteiger charge is -2.15. The van der Waals surface area contributed by atoms with Crippen molar-refractivity contribution in [1.82, 2.24) is 0 Å². The zero-order valence-corrected chi connectivity index (χ0v) is 15.5. The number of anilines is 2. The topological polar surface area (TPSA) is 102 Å². The molecule has 138 valence electrons. The molecule has 0 aliphatic heterocycles. The lowest BCUT2D eigenvalue weighted by molar-refractivity contribution is -0.123. The minimum absolute atomic E-state index is 0.0214. The molecule has 7 nitrogen and oxygen atoms in total. The largest absolute Gasteiger partial charge is 0.449 e. The second-order valence-corrected chi connectivity index (χ2v) is 7.57. The molecule has 26 heavy (non-hydrogen) atoms. The maximum Gasteiger partial charge on any atom is 0.341 e. The Morgan fingerprint density at radius 2 is 1.77 bits per heavy atom. The summed E-state index contributed by atoms with van der Waals surface area (Å²) in [6.07, 6.45) is -0.0816. The van der Waals surface area contributed by atoms with Gasteiger partial charge in [0, 0.05) is 5.69 Å². The quantitative estimate of drug-likeness (QED) is 0.755. The molecule has 8 heteroatoms. The highest BCUT2D eigenvalue weighted by atomic mass is 32.2. The molecule has 0 saturated heterocycles. The van der Waals surface area contributed by atoms with Crippen molar-refractivity contribution < 1.29 is 22.7 Å². The lowest BCUT2D eigenvalue weighted by atomic mass is 10.2. The van der Waals surface area contributed by atoms with Gasteiger partial charge in [0.2, 0.25) is 10.0 Å². The number of carbonyl (C=O) groups excluding carboxylic acids is 2. The highest BCUT2D eigenvalue weighted by molar-refractivity contribution is 7.92. The van der Waals surface area contributed by atoms with Gasteiger partial charge in [0.15, 0.2) is 6.10 Å². The number of para-hydroxylation sites is 1. The fourth-order valence-corrected chi connectivity index (χ4v) is 2.77. The van der Waals surface area contributed by atoms with E-state index in [1.54, 1.807) is 30.3 Å². The van der Waals surface area contributed by atoms with Crippen LogP contribution in [-0.4, -0.2) is 32.7 Å². The fourth-order valence-electron chi connectivity index (χ4n) is 2.19. The molecule has 0 heterocycles. The molecule has 2 aromatic rings. The summed E-state index contributed by atoms with van der Waals surface area (Å²) in [6.45, 7) is 3.33. The van der Waals surface area contributed by atoms with Gasteiger partial charge in [-0.05, 0) is 43.7 Å². The maximum atomic E-state index is 12.3. The van der Waals surface area contributed by atoms with E-state index in [1.807, 2.05) is 13.0 Å². The minimum Gasteiger partial charge on any atom is -0.449 e. The Morgan fingerprint density at radius 3 is 2.42 bits per heavy atom. The molecule has 0 spiro atoms.